The van der Waals surface area contributed by atoms with Crippen molar-refractivity contribution < 1.29 is 0 Å². The number of imidazole rings is 1. The molecule has 0 amide bonds. The molecule has 0 unspecified atom stereocenters. The SMILES string of the molecule is c1ccc(-n2c3ccccc3c3c2ccc2c4ccc5c(c6cnccc6n6c7ncccc7nc56)c4n(-c4ccccc4)c23)cc1. The maximum atomic E-state index is 5.15. The largest absolute Gasteiger partial charge is 0.309 e. The molecule has 5 aromatic carbocycles. The van der Waals surface area contributed by atoms with E-state index in [-0.39, 0.29) is 0 Å². The van der Waals surface area contributed by atoms with Gasteiger partial charge in [0.2, 0.25) is 0 Å². The van der Waals surface area contributed by atoms with Gasteiger partial charge in [0.1, 0.15) is 11.2 Å². The van der Waals surface area contributed by atoms with Gasteiger partial charge in [0.25, 0.3) is 0 Å². The average Bonchev–Trinajstić information content (AvgIpc) is 3.80. The van der Waals surface area contributed by atoms with Gasteiger partial charge in [-0.2, -0.15) is 0 Å². The van der Waals surface area contributed by atoms with Gasteiger partial charge in [-0.3, -0.25) is 9.38 Å². The Hall–Kier alpha value is -6.53. The summed E-state index contributed by atoms with van der Waals surface area (Å²) in [6, 6.07) is 45.3. The first-order chi connectivity index (χ1) is 23.4. The third-order valence-electron chi connectivity index (χ3n) is 9.72. The maximum absolute atomic E-state index is 5.15. The summed E-state index contributed by atoms with van der Waals surface area (Å²) in [5, 5.41) is 8.12. The van der Waals surface area contributed by atoms with E-state index in [1.165, 1.54) is 38.1 Å². The van der Waals surface area contributed by atoms with Gasteiger partial charge in [-0.15, -0.1) is 0 Å². The molecule has 0 N–H and O–H groups in total. The molecule has 0 saturated carbocycles. The Kier molecular flexibility index (Phi) is 4.75. The second-order valence-electron chi connectivity index (χ2n) is 12.1. The quantitative estimate of drug-likeness (QED) is 0.186. The van der Waals surface area contributed by atoms with Crippen molar-refractivity contribution in [2.75, 3.05) is 0 Å². The van der Waals surface area contributed by atoms with Crippen LogP contribution in [-0.2, 0) is 0 Å². The van der Waals surface area contributed by atoms with Crippen molar-refractivity contribution >= 4 is 82.1 Å². The van der Waals surface area contributed by atoms with E-state index in [1.807, 2.05) is 30.7 Å². The van der Waals surface area contributed by atoms with E-state index in [2.05, 4.69) is 134 Å². The Bertz CT molecular complexity index is 3060. The van der Waals surface area contributed by atoms with Crippen LogP contribution in [0.1, 0.15) is 0 Å². The molecule has 11 rings (SSSR count). The van der Waals surface area contributed by atoms with Crippen LogP contribution in [0, 0.1) is 0 Å². The third-order valence-corrected chi connectivity index (χ3v) is 9.72. The van der Waals surface area contributed by atoms with Crippen LogP contribution in [-0.4, -0.2) is 28.5 Å². The molecule has 0 aliphatic rings. The van der Waals surface area contributed by atoms with Crippen LogP contribution >= 0.6 is 0 Å². The Morgan fingerprint density at radius 1 is 0.426 bits per heavy atom. The van der Waals surface area contributed by atoms with E-state index in [0.717, 1.165) is 55.4 Å². The van der Waals surface area contributed by atoms with Crippen molar-refractivity contribution in [3.8, 4) is 11.4 Å². The van der Waals surface area contributed by atoms with Gasteiger partial charge in [0, 0.05) is 67.7 Å². The summed E-state index contributed by atoms with van der Waals surface area (Å²) in [5.74, 6) is 0. The molecular weight excluding hydrogens is 576 g/mol. The lowest BCUT2D eigenvalue weighted by Gasteiger charge is -2.13. The van der Waals surface area contributed by atoms with Crippen molar-refractivity contribution in [1.82, 2.24) is 28.5 Å². The Morgan fingerprint density at radius 3 is 1.96 bits per heavy atom. The zero-order valence-electron chi connectivity index (χ0n) is 25.0. The van der Waals surface area contributed by atoms with Gasteiger partial charge < -0.3 is 9.13 Å². The highest BCUT2D eigenvalue weighted by Gasteiger charge is 2.24. The third kappa shape index (κ3) is 3.16. The minimum Gasteiger partial charge on any atom is -0.309 e. The number of rotatable bonds is 2. The van der Waals surface area contributed by atoms with E-state index >= 15 is 0 Å². The second kappa shape index (κ2) is 9.02. The molecule has 218 valence electrons. The first-order valence-corrected chi connectivity index (χ1v) is 15.8. The molecule has 0 radical (unpaired) electrons. The fourth-order valence-electron chi connectivity index (χ4n) is 7.89. The molecule has 6 aromatic heterocycles. The van der Waals surface area contributed by atoms with Crippen LogP contribution in [0.4, 0.5) is 0 Å². The van der Waals surface area contributed by atoms with Crippen molar-refractivity contribution in [3.05, 3.63) is 146 Å². The first-order valence-electron chi connectivity index (χ1n) is 15.8. The average molecular weight is 601 g/mol. The van der Waals surface area contributed by atoms with Crippen LogP contribution in [0.2, 0.25) is 0 Å². The van der Waals surface area contributed by atoms with Gasteiger partial charge in [0.05, 0.1) is 27.6 Å². The van der Waals surface area contributed by atoms with Gasteiger partial charge in [0.15, 0.2) is 5.65 Å². The lowest BCUT2D eigenvalue weighted by molar-refractivity contribution is 1.18. The molecule has 47 heavy (non-hydrogen) atoms. The van der Waals surface area contributed by atoms with E-state index in [0.29, 0.717) is 0 Å². The summed E-state index contributed by atoms with van der Waals surface area (Å²) in [4.78, 5) is 14.6. The molecule has 0 atom stereocenters. The van der Waals surface area contributed by atoms with Crippen molar-refractivity contribution in [3.63, 3.8) is 0 Å². The Labute approximate surface area is 267 Å². The fraction of sp³-hybridized carbons (Fsp3) is 0. The number of pyridine rings is 3. The summed E-state index contributed by atoms with van der Waals surface area (Å²) in [6.07, 6.45) is 5.69. The lowest BCUT2D eigenvalue weighted by Crippen LogP contribution is -1.98. The zero-order valence-corrected chi connectivity index (χ0v) is 25.0. The molecule has 0 aliphatic heterocycles. The molecule has 0 saturated heterocycles. The van der Waals surface area contributed by atoms with E-state index in [9.17, 15) is 0 Å². The lowest BCUT2D eigenvalue weighted by atomic mass is 10.0. The van der Waals surface area contributed by atoms with E-state index < -0.39 is 0 Å². The van der Waals surface area contributed by atoms with Gasteiger partial charge in [-0.05, 0) is 60.7 Å². The number of benzene rings is 5. The molecule has 0 fully saturated rings. The smallest absolute Gasteiger partial charge is 0.164 e. The van der Waals surface area contributed by atoms with E-state index in [4.69, 9.17) is 9.97 Å². The van der Waals surface area contributed by atoms with E-state index in [1.54, 1.807) is 0 Å². The summed E-state index contributed by atoms with van der Waals surface area (Å²) >= 11 is 0. The molecule has 6 nitrogen and oxygen atoms in total. The highest BCUT2D eigenvalue weighted by Crippen LogP contribution is 2.45. The molecule has 11 aromatic rings. The number of hydrogen-bond acceptors (Lipinski definition) is 3. The molecule has 0 aliphatic carbocycles. The number of para-hydroxylation sites is 3. The fourth-order valence-corrected chi connectivity index (χ4v) is 7.89. The zero-order chi connectivity index (χ0) is 30.6. The highest BCUT2D eigenvalue weighted by atomic mass is 15.1. The number of hydrogen-bond donors (Lipinski definition) is 0. The second-order valence-corrected chi connectivity index (χ2v) is 12.1. The maximum Gasteiger partial charge on any atom is 0.164 e. The number of nitrogens with zero attached hydrogens (tertiary/aromatic N) is 6. The highest BCUT2D eigenvalue weighted by molar-refractivity contribution is 6.32. The predicted molar refractivity (Wildman–Crippen MR) is 192 cm³/mol. The summed E-state index contributed by atoms with van der Waals surface area (Å²) in [5.41, 5.74) is 10.6. The molecule has 6 heterocycles. The molecule has 0 bridgehead atoms. The van der Waals surface area contributed by atoms with Gasteiger partial charge >= 0.3 is 0 Å². The molecule has 6 heteroatoms. The van der Waals surface area contributed by atoms with Crippen LogP contribution in [0.25, 0.3) is 93.5 Å². The number of aromatic nitrogens is 6. The molecule has 0 spiro atoms. The minimum atomic E-state index is 0.847. The predicted octanol–water partition coefficient (Wildman–Crippen LogP) is 9.78. The first kappa shape index (κ1) is 24.8. The van der Waals surface area contributed by atoms with Crippen molar-refractivity contribution in [1.29, 1.82) is 0 Å². The van der Waals surface area contributed by atoms with Gasteiger partial charge in [-0.25, -0.2) is 9.97 Å². The monoisotopic (exact) mass is 600 g/mol. The normalized spacial score (nSPS) is 12.3. The molecular formula is C41H24N6. The topological polar surface area (TPSA) is 52.9 Å². The van der Waals surface area contributed by atoms with Crippen LogP contribution in [0.5, 0.6) is 0 Å². The van der Waals surface area contributed by atoms with Crippen LogP contribution < -0.4 is 0 Å². The van der Waals surface area contributed by atoms with Crippen molar-refractivity contribution in [2.45, 2.75) is 0 Å². The summed E-state index contributed by atoms with van der Waals surface area (Å²) in [7, 11) is 0. The standard InChI is InChI=1S/C41H24N6/c1-3-10-25(11-4-1)45-33-16-8-7-14-29(33)37-35(45)20-19-28-27-17-18-30-36(38(27)46(39(28)37)26-12-5-2-6-13-26)31-24-42-23-21-34(31)47-40(30)44-32-15-9-22-43-41(32)47/h1-24H. The summed E-state index contributed by atoms with van der Waals surface area (Å²) in [6.45, 7) is 0. The summed E-state index contributed by atoms with van der Waals surface area (Å²) < 4.78 is 7.05. The van der Waals surface area contributed by atoms with Crippen LogP contribution in [0.3, 0.4) is 0 Å². The number of fused-ring (bicyclic) bond motifs is 16. The minimum absolute atomic E-state index is 0.847. The van der Waals surface area contributed by atoms with Crippen molar-refractivity contribution in [2.24, 2.45) is 0 Å². The Balaban J connectivity index is 1.44. The Morgan fingerprint density at radius 2 is 1.13 bits per heavy atom. The van der Waals surface area contributed by atoms with Crippen LogP contribution in [0.15, 0.2) is 146 Å². The van der Waals surface area contributed by atoms with Gasteiger partial charge in [-0.1, -0.05) is 66.7 Å².